The first-order valence-electron chi connectivity index (χ1n) is 17.0. The van der Waals surface area contributed by atoms with Gasteiger partial charge in [0.25, 0.3) is 5.91 Å². The van der Waals surface area contributed by atoms with Gasteiger partial charge in [0.05, 0.1) is 29.3 Å². The molecule has 0 aliphatic carbocycles. The van der Waals surface area contributed by atoms with Gasteiger partial charge >= 0.3 is 6.09 Å². The quantitative estimate of drug-likeness (QED) is 0.400. The molecule has 1 aromatic heterocycles. The van der Waals surface area contributed by atoms with Gasteiger partial charge in [0.1, 0.15) is 17.4 Å². The Balaban J connectivity index is 1.46. The highest BCUT2D eigenvalue weighted by Crippen LogP contribution is 2.38. The van der Waals surface area contributed by atoms with Gasteiger partial charge in [0.2, 0.25) is 11.8 Å². The maximum absolute atomic E-state index is 14.0. The number of piperidine rings is 1. The number of carbonyl (C=O) groups is 4. The van der Waals surface area contributed by atoms with Crippen LogP contribution in [0.2, 0.25) is 0 Å². The lowest BCUT2D eigenvalue weighted by Crippen LogP contribution is -2.49. The van der Waals surface area contributed by atoms with Crippen molar-refractivity contribution in [2.45, 2.75) is 90.7 Å². The molecule has 0 unspecified atom stereocenters. The monoisotopic (exact) mass is 683 g/mol. The number of hydrogen-bond acceptors (Lipinski definition) is 8. The molecule has 1 spiro atoms. The van der Waals surface area contributed by atoms with Crippen LogP contribution in [0.1, 0.15) is 86.8 Å². The minimum atomic E-state index is -0.688. The molecule has 0 bridgehead atoms. The van der Waals surface area contributed by atoms with Crippen LogP contribution >= 0.6 is 11.3 Å². The van der Waals surface area contributed by atoms with Crippen LogP contribution in [0, 0.1) is 12.3 Å². The summed E-state index contributed by atoms with van der Waals surface area (Å²) in [6.07, 6.45) is 5.05. The SMILES string of the molecule is Cc1nc(CC(=O)N(C)CCC[C@H]2C(=O)N(C)CCCCC3(CCN(C(=O)OC(C)(C)C)CC3)COc3ccccc3C(=O)N2C)cs1. The maximum Gasteiger partial charge on any atom is 0.410 e. The standard InChI is InChI=1S/C36H53N5O6S/c1-26-37-27(24-48-26)23-31(42)38(5)20-12-14-29-33(44)39(6)19-11-10-16-36(17-21-41(22-18-36)34(45)47-35(2,3)4)25-46-30-15-9-8-13-28(30)32(43)40(29)7/h8-9,13,15,24,29H,10-12,14,16-23,25H2,1-7H3/t29-/m0/s1. The summed E-state index contributed by atoms with van der Waals surface area (Å²) in [4.78, 5) is 64.6. The molecule has 264 valence electrons. The molecule has 2 aliphatic rings. The highest BCUT2D eigenvalue weighted by Gasteiger charge is 2.39. The third kappa shape index (κ3) is 9.93. The number of para-hydroxylation sites is 1. The van der Waals surface area contributed by atoms with E-state index in [4.69, 9.17) is 9.47 Å². The normalized spacial score (nSPS) is 19.4. The third-order valence-electron chi connectivity index (χ3n) is 9.42. The molecule has 2 aliphatic heterocycles. The largest absolute Gasteiger partial charge is 0.492 e. The van der Waals surface area contributed by atoms with E-state index in [-0.39, 0.29) is 35.7 Å². The number of nitrogens with zero attached hydrogens (tertiary/aromatic N) is 5. The summed E-state index contributed by atoms with van der Waals surface area (Å²) in [5.74, 6) is 0.0567. The summed E-state index contributed by atoms with van der Waals surface area (Å²) in [6, 6.07) is 6.52. The Kier molecular flexibility index (Phi) is 12.5. The molecule has 3 heterocycles. The summed E-state index contributed by atoms with van der Waals surface area (Å²) >= 11 is 1.52. The first kappa shape index (κ1) is 37.2. The second-order valence-corrected chi connectivity index (χ2v) is 15.5. The van der Waals surface area contributed by atoms with Crippen LogP contribution in [0.25, 0.3) is 0 Å². The van der Waals surface area contributed by atoms with Crippen molar-refractivity contribution >= 4 is 35.2 Å². The van der Waals surface area contributed by atoms with Gasteiger partial charge in [0.15, 0.2) is 0 Å². The van der Waals surface area contributed by atoms with Gasteiger partial charge in [-0.05, 0) is 78.4 Å². The van der Waals surface area contributed by atoms with Crippen molar-refractivity contribution in [1.82, 2.24) is 24.6 Å². The summed E-state index contributed by atoms with van der Waals surface area (Å²) in [5.41, 5.74) is 0.449. The number of aryl methyl sites for hydroxylation is 1. The fourth-order valence-electron chi connectivity index (χ4n) is 6.41. The number of rotatable bonds is 6. The van der Waals surface area contributed by atoms with Gasteiger partial charge in [-0.3, -0.25) is 14.4 Å². The van der Waals surface area contributed by atoms with E-state index < -0.39 is 11.6 Å². The Morgan fingerprint density at radius 3 is 2.46 bits per heavy atom. The molecule has 2 aromatic rings. The van der Waals surface area contributed by atoms with Crippen molar-refractivity contribution in [2.75, 3.05) is 53.9 Å². The molecule has 1 atom stereocenters. The van der Waals surface area contributed by atoms with E-state index in [1.54, 1.807) is 48.0 Å². The molecule has 4 amide bonds. The molecule has 1 saturated heterocycles. The molecule has 1 aromatic carbocycles. The fourth-order valence-corrected chi connectivity index (χ4v) is 7.02. The molecule has 48 heavy (non-hydrogen) atoms. The average molecular weight is 684 g/mol. The summed E-state index contributed by atoms with van der Waals surface area (Å²) in [5, 5.41) is 2.83. The zero-order chi connectivity index (χ0) is 35.1. The van der Waals surface area contributed by atoms with E-state index in [0.717, 1.165) is 42.8 Å². The minimum Gasteiger partial charge on any atom is -0.492 e. The van der Waals surface area contributed by atoms with Gasteiger partial charge in [-0.25, -0.2) is 9.78 Å². The Morgan fingerprint density at radius 1 is 1.08 bits per heavy atom. The van der Waals surface area contributed by atoms with Gasteiger partial charge < -0.3 is 29.1 Å². The molecule has 0 radical (unpaired) electrons. The number of ether oxygens (including phenoxy) is 2. The van der Waals surface area contributed by atoms with Crippen LogP contribution in [0.5, 0.6) is 5.75 Å². The predicted octanol–water partition coefficient (Wildman–Crippen LogP) is 5.41. The van der Waals surface area contributed by atoms with Crippen LogP contribution in [0.3, 0.4) is 0 Å². The zero-order valence-corrected chi connectivity index (χ0v) is 30.6. The van der Waals surface area contributed by atoms with Gasteiger partial charge in [-0.2, -0.15) is 0 Å². The van der Waals surface area contributed by atoms with Gasteiger partial charge in [0, 0.05) is 58.1 Å². The van der Waals surface area contributed by atoms with Crippen LogP contribution in [-0.4, -0.2) is 114 Å². The number of hydrogen-bond donors (Lipinski definition) is 0. The molecule has 0 N–H and O–H groups in total. The average Bonchev–Trinajstić information content (AvgIpc) is 3.46. The lowest BCUT2D eigenvalue weighted by atomic mass is 9.75. The number of likely N-dealkylation sites (N-methyl/N-ethyl adjacent to an activating group) is 3. The Bertz CT molecular complexity index is 1430. The Morgan fingerprint density at radius 2 is 1.79 bits per heavy atom. The van der Waals surface area contributed by atoms with Crippen LogP contribution < -0.4 is 4.74 Å². The summed E-state index contributed by atoms with van der Waals surface area (Å²) in [7, 11) is 5.24. The van der Waals surface area contributed by atoms with Crippen LogP contribution in [-0.2, 0) is 20.7 Å². The van der Waals surface area contributed by atoms with Crippen molar-refractivity contribution in [3.8, 4) is 5.75 Å². The molecular formula is C36H53N5O6S. The Hall–Kier alpha value is -3.67. The van der Waals surface area contributed by atoms with Crippen molar-refractivity contribution in [3.63, 3.8) is 0 Å². The van der Waals surface area contributed by atoms with E-state index in [9.17, 15) is 19.2 Å². The first-order valence-corrected chi connectivity index (χ1v) is 17.9. The highest BCUT2D eigenvalue weighted by atomic mass is 32.1. The molecule has 11 nitrogen and oxygen atoms in total. The van der Waals surface area contributed by atoms with Crippen LogP contribution in [0.15, 0.2) is 29.6 Å². The van der Waals surface area contributed by atoms with Gasteiger partial charge in [-0.15, -0.1) is 11.3 Å². The van der Waals surface area contributed by atoms with Crippen molar-refractivity contribution in [2.24, 2.45) is 5.41 Å². The van der Waals surface area contributed by atoms with E-state index >= 15 is 0 Å². The topological polar surface area (TPSA) is 113 Å². The van der Waals surface area contributed by atoms with Crippen molar-refractivity contribution in [1.29, 1.82) is 0 Å². The fraction of sp³-hybridized carbons (Fsp3) is 0.639. The maximum atomic E-state index is 14.0. The number of aromatic nitrogens is 1. The minimum absolute atomic E-state index is 0.0291. The van der Waals surface area contributed by atoms with Crippen molar-refractivity contribution in [3.05, 3.63) is 45.9 Å². The summed E-state index contributed by atoms with van der Waals surface area (Å²) in [6.45, 7) is 10.1. The first-order chi connectivity index (χ1) is 22.7. The number of fused-ring (bicyclic) bond motifs is 1. The van der Waals surface area contributed by atoms with Crippen molar-refractivity contribution < 1.29 is 28.7 Å². The predicted molar refractivity (Wildman–Crippen MR) is 186 cm³/mol. The van der Waals surface area contributed by atoms with E-state index in [2.05, 4.69) is 4.98 Å². The van der Waals surface area contributed by atoms with E-state index in [1.807, 2.05) is 45.2 Å². The number of carbonyl (C=O) groups excluding carboxylic acids is 4. The smallest absolute Gasteiger partial charge is 0.410 e. The molecule has 0 saturated carbocycles. The lowest BCUT2D eigenvalue weighted by molar-refractivity contribution is -0.134. The van der Waals surface area contributed by atoms with Gasteiger partial charge in [-0.1, -0.05) is 18.6 Å². The second-order valence-electron chi connectivity index (χ2n) is 14.4. The number of thiazole rings is 1. The second kappa shape index (κ2) is 16.2. The lowest BCUT2D eigenvalue weighted by Gasteiger charge is -2.42. The molecule has 4 rings (SSSR count). The molecule has 1 fully saturated rings. The Labute approximate surface area is 289 Å². The van der Waals surface area contributed by atoms with E-state index in [1.165, 1.54) is 16.2 Å². The van der Waals surface area contributed by atoms with E-state index in [0.29, 0.717) is 56.9 Å². The zero-order valence-electron chi connectivity index (χ0n) is 29.8. The number of likely N-dealkylation sites (tertiary alicyclic amines) is 1. The molecular weight excluding hydrogens is 630 g/mol. The number of benzene rings is 1. The summed E-state index contributed by atoms with van der Waals surface area (Å²) < 4.78 is 12.1. The highest BCUT2D eigenvalue weighted by molar-refractivity contribution is 7.09. The number of amides is 4. The van der Waals surface area contributed by atoms with Crippen LogP contribution in [0.4, 0.5) is 4.79 Å². The third-order valence-corrected chi connectivity index (χ3v) is 10.2. The molecule has 12 heteroatoms.